The van der Waals surface area contributed by atoms with Gasteiger partial charge >= 0.3 is 11.9 Å². The van der Waals surface area contributed by atoms with Crippen molar-refractivity contribution in [1.82, 2.24) is 0 Å². The molecule has 11 heteroatoms. The molecular formula is C30H34N4O7. The van der Waals surface area contributed by atoms with Crippen LogP contribution in [0.5, 0.6) is 11.5 Å². The summed E-state index contributed by atoms with van der Waals surface area (Å²) in [6.07, 6.45) is 0. The van der Waals surface area contributed by atoms with E-state index in [1.54, 1.807) is 36.4 Å². The first kappa shape index (κ1) is 29.3. The van der Waals surface area contributed by atoms with Crippen molar-refractivity contribution in [3.05, 3.63) is 70.7 Å². The summed E-state index contributed by atoms with van der Waals surface area (Å²) in [6, 6.07) is 14.5. The topological polar surface area (TPSA) is 137 Å². The minimum absolute atomic E-state index is 0.0573. The van der Waals surface area contributed by atoms with Crippen molar-refractivity contribution in [3.8, 4) is 17.6 Å². The Balaban J connectivity index is 2.06. The van der Waals surface area contributed by atoms with Gasteiger partial charge in [0.1, 0.15) is 23.0 Å². The summed E-state index contributed by atoms with van der Waals surface area (Å²) in [7, 11) is 2.41. The van der Waals surface area contributed by atoms with Gasteiger partial charge in [0.15, 0.2) is 0 Å². The number of hydrogen-bond donors (Lipinski definition) is 1. The van der Waals surface area contributed by atoms with E-state index in [2.05, 4.69) is 11.0 Å². The summed E-state index contributed by atoms with van der Waals surface area (Å²) >= 11 is 0. The second-order valence-corrected chi connectivity index (χ2v) is 9.09. The van der Waals surface area contributed by atoms with E-state index in [9.17, 15) is 14.9 Å². The van der Waals surface area contributed by atoms with E-state index in [0.717, 1.165) is 5.69 Å². The molecule has 216 valence electrons. The molecule has 2 aromatic rings. The molecule has 11 nitrogen and oxygen atoms in total. The van der Waals surface area contributed by atoms with Gasteiger partial charge in [0.2, 0.25) is 0 Å². The molecule has 0 bridgehead atoms. The second-order valence-electron chi connectivity index (χ2n) is 9.09. The molecule has 2 heterocycles. The van der Waals surface area contributed by atoms with Gasteiger partial charge in [-0.25, -0.2) is 9.59 Å². The first-order valence-electron chi connectivity index (χ1n) is 13.3. The number of benzene rings is 2. The van der Waals surface area contributed by atoms with Crippen molar-refractivity contribution in [1.29, 1.82) is 5.26 Å². The minimum Gasteiger partial charge on any atom is -0.492 e. The molecule has 1 fully saturated rings. The molecular weight excluding hydrogens is 528 g/mol. The highest BCUT2D eigenvalue weighted by atomic mass is 16.5. The number of nitrogens with zero attached hydrogens (tertiary/aromatic N) is 3. The van der Waals surface area contributed by atoms with Crippen LogP contribution >= 0.6 is 0 Å². The summed E-state index contributed by atoms with van der Waals surface area (Å²) in [4.78, 5) is 30.4. The first-order chi connectivity index (χ1) is 19.9. The number of allylic oxidation sites excluding steroid dienone is 1. The van der Waals surface area contributed by atoms with E-state index in [1.807, 2.05) is 19.9 Å². The molecule has 0 aromatic heterocycles. The van der Waals surface area contributed by atoms with Gasteiger partial charge in [0.25, 0.3) is 0 Å². The van der Waals surface area contributed by atoms with Crippen LogP contribution in [-0.4, -0.2) is 65.7 Å². The second kappa shape index (κ2) is 13.1. The van der Waals surface area contributed by atoms with Crippen LogP contribution in [0.4, 0.5) is 11.4 Å². The van der Waals surface area contributed by atoms with Gasteiger partial charge in [0.05, 0.1) is 75.2 Å². The fraction of sp³-hybridized carbons (Fsp3) is 0.367. The smallest absolute Gasteiger partial charge is 0.355 e. The number of carbonyl (C=O) groups is 2. The van der Waals surface area contributed by atoms with Gasteiger partial charge in [-0.15, -0.1) is 0 Å². The SMILES string of the molecule is CCOc1cc(N2C(N)=C(C#N)C(c3ccccc3)C(C(=O)OC)=C2C(=O)OC)c(OCC)cc1N1CCOCC1. The Morgan fingerprint density at radius 3 is 2.12 bits per heavy atom. The zero-order valence-corrected chi connectivity index (χ0v) is 23.6. The van der Waals surface area contributed by atoms with E-state index in [-0.39, 0.29) is 22.7 Å². The number of morpholine rings is 1. The standard InChI is InChI=1S/C30H34N4O7/c1-5-40-23-17-22(24(41-6-2)16-21(23)33-12-14-39-15-13-33)34-27(30(36)38-4)26(29(35)37-3)25(20(18-31)28(34)32)19-10-8-7-9-11-19/h7-11,16-17,25H,5-6,12-15,32H2,1-4H3. The van der Waals surface area contributed by atoms with Gasteiger partial charge in [-0.05, 0) is 19.4 Å². The lowest BCUT2D eigenvalue weighted by Gasteiger charge is -2.37. The van der Waals surface area contributed by atoms with Crippen LogP contribution in [0.25, 0.3) is 0 Å². The molecule has 0 radical (unpaired) electrons. The highest BCUT2D eigenvalue weighted by Crippen LogP contribution is 2.48. The highest BCUT2D eigenvalue weighted by Gasteiger charge is 2.44. The molecule has 2 aliphatic heterocycles. The number of nitriles is 1. The van der Waals surface area contributed by atoms with Crippen molar-refractivity contribution >= 4 is 23.3 Å². The number of esters is 2. The van der Waals surface area contributed by atoms with Crippen molar-refractivity contribution in [2.45, 2.75) is 19.8 Å². The predicted molar refractivity (Wildman–Crippen MR) is 151 cm³/mol. The van der Waals surface area contributed by atoms with E-state index in [1.165, 1.54) is 19.1 Å². The quantitative estimate of drug-likeness (QED) is 0.451. The lowest BCUT2D eigenvalue weighted by atomic mass is 9.81. The Kier molecular flexibility index (Phi) is 9.37. The monoisotopic (exact) mass is 562 g/mol. The average molecular weight is 563 g/mol. The first-order valence-corrected chi connectivity index (χ1v) is 13.3. The maximum absolute atomic E-state index is 13.5. The lowest BCUT2D eigenvalue weighted by molar-refractivity contribution is -0.139. The van der Waals surface area contributed by atoms with Gasteiger partial charge in [-0.3, -0.25) is 4.90 Å². The van der Waals surface area contributed by atoms with Crippen LogP contribution in [-0.2, 0) is 23.8 Å². The van der Waals surface area contributed by atoms with Crippen LogP contribution in [0.15, 0.2) is 65.1 Å². The summed E-state index contributed by atoms with van der Waals surface area (Å²) in [6.45, 7) is 6.76. The number of anilines is 2. The van der Waals surface area contributed by atoms with Gasteiger partial charge < -0.3 is 34.3 Å². The van der Waals surface area contributed by atoms with E-state index < -0.39 is 17.9 Å². The molecule has 0 amide bonds. The molecule has 2 aromatic carbocycles. The van der Waals surface area contributed by atoms with E-state index in [4.69, 9.17) is 29.4 Å². The molecule has 4 rings (SSSR count). The molecule has 1 unspecified atom stereocenters. The van der Waals surface area contributed by atoms with E-state index in [0.29, 0.717) is 62.3 Å². The number of methoxy groups -OCH3 is 2. The van der Waals surface area contributed by atoms with Crippen LogP contribution in [0.3, 0.4) is 0 Å². The Morgan fingerprint density at radius 1 is 0.976 bits per heavy atom. The third kappa shape index (κ3) is 5.64. The fourth-order valence-corrected chi connectivity index (χ4v) is 5.07. The van der Waals surface area contributed by atoms with Crippen molar-refractivity contribution in [2.24, 2.45) is 5.73 Å². The lowest BCUT2D eigenvalue weighted by Crippen LogP contribution is -2.41. The Bertz CT molecular complexity index is 1390. The number of nitrogens with two attached hydrogens (primary N) is 1. The number of rotatable bonds is 9. The van der Waals surface area contributed by atoms with Crippen LogP contribution < -0.4 is 25.0 Å². The molecule has 1 saturated heterocycles. The summed E-state index contributed by atoms with van der Waals surface area (Å²) in [5.74, 6) is -1.82. The van der Waals surface area contributed by atoms with Gasteiger partial charge in [-0.2, -0.15) is 5.26 Å². The largest absolute Gasteiger partial charge is 0.492 e. The molecule has 41 heavy (non-hydrogen) atoms. The predicted octanol–water partition coefficient (Wildman–Crippen LogP) is 3.22. The molecule has 2 N–H and O–H groups in total. The maximum Gasteiger partial charge on any atom is 0.355 e. The fourth-order valence-electron chi connectivity index (χ4n) is 5.07. The average Bonchev–Trinajstić information content (AvgIpc) is 3.01. The molecule has 0 spiro atoms. The van der Waals surface area contributed by atoms with Crippen LogP contribution in [0.2, 0.25) is 0 Å². The normalized spacial score (nSPS) is 17.2. The van der Waals surface area contributed by atoms with Gasteiger partial charge in [0, 0.05) is 25.2 Å². The van der Waals surface area contributed by atoms with Crippen LogP contribution in [0, 0.1) is 11.3 Å². The number of hydrogen-bond acceptors (Lipinski definition) is 11. The highest BCUT2D eigenvalue weighted by molar-refractivity contribution is 6.06. The van der Waals surface area contributed by atoms with Crippen molar-refractivity contribution in [2.75, 3.05) is 63.5 Å². The third-order valence-electron chi connectivity index (χ3n) is 6.84. The summed E-state index contributed by atoms with van der Waals surface area (Å²) in [5.41, 5.74) is 8.15. The van der Waals surface area contributed by atoms with Gasteiger partial charge in [-0.1, -0.05) is 30.3 Å². The Morgan fingerprint density at radius 2 is 1.56 bits per heavy atom. The molecule has 0 saturated carbocycles. The minimum atomic E-state index is -0.978. The Hall–Kier alpha value is -4.69. The molecule has 2 aliphatic rings. The summed E-state index contributed by atoms with van der Waals surface area (Å²) in [5, 5.41) is 10.4. The zero-order valence-electron chi connectivity index (χ0n) is 23.6. The van der Waals surface area contributed by atoms with Crippen LogP contribution in [0.1, 0.15) is 25.3 Å². The third-order valence-corrected chi connectivity index (χ3v) is 6.84. The zero-order chi connectivity index (χ0) is 29.5. The number of carbonyl (C=O) groups excluding carboxylic acids is 2. The van der Waals surface area contributed by atoms with Crippen molar-refractivity contribution in [3.63, 3.8) is 0 Å². The Labute approximate surface area is 239 Å². The maximum atomic E-state index is 13.5. The molecule has 0 aliphatic carbocycles. The van der Waals surface area contributed by atoms with Crippen molar-refractivity contribution < 1.29 is 33.3 Å². The molecule has 1 atom stereocenters. The number of ether oxygens (including phenoxy) is 5. The van der Waals surface area contributed by atoms with E-state index >= 15 is 0 Å². The summed E-state index contributed by atoms with van der Waals surface area (Å²) < 4.78 is 27.9.